The van der Waals surface area contributed by atoms with E-state index >= 15 is 0 Å². The molecule has 4 heterocycles. The van der Waals surface area contributed by atoms with Crippen molar-refractivity contribution in [2.45, 2.75) is 37.5 Å². The summed E-state index contributed by atoms with van der Waals surface area (Å²) in [5, 5.41) is 16.0. The van der Waals surface area contributed by atoms with Gasteiger partial charge in [0.05, 0.1) is 22.0 Å². The van der Waals surface area contributed by atoms with Gasteiger partial charge in [-0.3, -0.25) is 9.20 Å². The number of ether oxygens (including phenoxy) is 1. The largest absolute Gasteiger partial charge is 0.392 e. The molecule has 0 unspecified atom stereocenters. The van der Waals surface area contributed by atoms with Gasteiger partial charge in [-0.25, -0.2) is 9.37 Å². The zero-order valence-corrected chi connectivity index (χ0v) is 19.3. The SMILES string of the molecule is O=C(NC1CCOCC1)c1ccc2c(c1)sc1nc(-c3ccc([C@H]4C[C@H](O)CN4)cc3F)cn12. The Balaban J connectivity index is 1.26. The highest BCUT2D eigenvalue weighted by atomic mass is 32.1. The molecule has 7 nitrogen and oxygen atoms in total. The molecule has 4 aromatic rings. The van der Waals surface area contributed by atoms with Crippen molar-refractivity contribution in [3.63, 3.8) is 0 Å². The van der Waals surface area contributed by atoms with E-state index < -0.39 is 6.10 Å². The number of halogens is 1. The molecule has 176 valence electrons. The fourth-order valence-corrected chi connectivity index (χ4v) is 5.86. The van der Waals surface area contributed by atoms with Gasteiger partial charge in [-0.05, 0) is 55.2 Å². The highest BCUT2D eigenvalue weighted by Gasteiger charge is 2.24. The van der Waals surface area contributed by atoms with Gasteiger partial charge in [0.15, 0.2) is 4.96 Å². The first-order chi connectivity index (χ1) is 16.5. The number of nitrogens with one attached hydrogen (secondary N) is 2. The van der Waals surface area contributed by atoms with Crippen LogP contribution in [0.2, 0.25) is 0 Å². The molecule has 2 aromatic carbocycles. The van der Waals surface area contributed by atoms with Gasteiger partial charge in [0, 0.05) is 49.2 Å². The second-order valence-electron chi connectivity index (χ2n) is 9.01. The number of β-amino-alcohol motifs (C(OH)–C–C–N with tert-alkyl or cyclic N) is 1. The van der Waals surface area contributed by atoms with Gasteiger partial charge in [0.2, 0.25) is 0 Å². The zero-order chi connectivity index (χ0) is 23.2. The van der Waals surface area contributed by atoms with Crippen molar-refractivity contribution < 1.29 is 19.0 Å². The van der Waals surface area contributed by atoms with Crippen LogP contribution in [0.5, 0.6) is 0 Å². The van der Waals surface area contributed by atoms with Crippen LogP contribution in [-0.2, 0) is 4.74 Å². The van der Waals surface area contributed by atoms with Crippen LogP contribution in [0.25, 0.3) is 26.4 Å². The van der Waals surface area contributed by atoms with Crippen LogP contribution in [0.15, 0.2) is 42.6 Å². The van der Waals surface area contributed by atoms with Crippen LogP contribution in [0.1, 0.15) is 41.2 Å². The van der Waals surface area contributed by atoms with Crippen molar-refractivity contribution in [1.82, 2.24) is 20.0 Å². The molecule has 0 radical (unpaired) electrons. The predicted molar refractivity (Wildman–Crippen MR) is 129 cm³/mol. The summed E-state index contributed by atoms with van der Waals surface area (Å²) in [7, 11) is 0. The molecule has 0 spiro atoms. The number of carbonyl (C=O) groups is 1. The summed E-state index contributed by atoms with van der Waals surface area (Å²) in [5.74, 6) is -0.408. The first-order valence-corrected chi connectivity index (χ1v) is 12.4. The Hall–Kier alpha value is -2.85. The number of amides is 1. The minimum absolute atomic E-state index is 0.0363. The van der Waals surface area contributed by atoms with Crippen LogP contribution in [-0.4, -0.2) is 52.3 Å². The lowest BCUT2D eigenvalue weighted by atomic mass is 10.0. The van der Waals surface area contributed by atoms with Crippen LogP contribution >= 0.6 is 11.3 Å². The van der Waals surface area contributed by atoms with E-state index in [4.69, 9.17) is 4.74 Å². The summed E-state index contributed by atoms with van der Waals surface area (Å²) in [6.07, 6.45) is 3.70. The Kier molecular flexibility index (Phi) is 5.57. The Morgan fingerprint density at radius 1 is 1.24 bits per heavy atom. The number of hydrogen-bond donors (Lipinski definition) is 3. The number of rotatable bonds is 4. The van der Waals surface area contributed by atoms with Gasteiger partial charge < -0.3 is 20.5 Å². The summed E-state index contributed by atoms with van der Waals surface area (Å²) in [5.41, 5.74) is 3.39. The van der Waals surface area contributed by atoms with E-state index in [0.29, 0.717) is 43.0 Å². The molecule has 0 aliphatic carbocycles. The first kappa shape index (κ1) is 21.7. The Labute approximate surface area is 199 Å². The van der Waals surface area contributed by atoms with Crippen molar-refractivity contribution >= 4 is 32.4 Å². The summed E-state index contributed by atoms with van der Waals surface area (Å²) in [6, 6.07) is 10.9. The number of thiazole rings is 1. The third-order valence-corrected chi connectivity index (χ3v) is 7.71. The molecule has 2 aromatic heterocycles. The molecule has 2 fully saturated rings. The third-order valence-electron chi connectivity index (χ3n) is 6.69. The number of aromatic nitrogens is 2. The molecule has 34 heavy (non-hydrogen) atoms. The smallest absolute Gasteiger partial charge is 0.251 e. The molecule has 0 saturated carbocycles. The number of fused-ring (bicyclic) bond motifs is 3. The van der Waals surface area contributed by atoms with Crippen molar-refractivity contribution in [1.29, 1.82) is 0 Å². The molecule has 2 aliphatic rings. The van der Waals surface area contributed by atoms with Crippen molar-refractivity contribution in [3.8, 4) is 11.3 Å². The average molecular weight is 481 g/mol. The lowest BCUT2D eigenvalue weighted by Crippen LogP contribution is -2.38. The van der Waals surface area contributed by atoms with E-state index in [1.165, 1.54) is 17.4 Å². The second-order valence-corrected chi connectivity index (χ2v) is 10.0. The number of nitrogens with zero attached hydrogens (tertiary/aromatic N) is 2. The zero-order valence-electron chi connectivity index (χ0n) is 18.5. The van der Waals surface area contributed by atoms with Crippen molar-refractivity contribution in [2.75, 3.05) is 19.8 Å². The highest BCUT2D eigenvalue weighted by molar-refractivity contribution is 7.23. The summed E-state index contributed by atoms with van der Waals surface area (Å²) < 4.78 is 23.2. The topological polar surface area (TPSA) is 87.9 Å². The first-order valence-electron chi connectivity index (χ1n) is 11.6. The molecule has 2 atom stereocenters. The summed E-state index contributed by atoms with van der Waals surface area (Å²) in [4.78, 5) is 18.1. The monoisotopic (exact) mass is 480 g/mol. The van der Waals surface area contributed by atoms with E-state index in [9.17, 15) is 14.3 Å². The van der Waals surface area contributed by atoms with Gasteiger partial charge in [-0.15, -0.1) is 0 Å². The standard InChI is InChI=1S/C25H25FN4O3S/c26-19-9-14(20-11-17(31)12-27-20)1-3-18(19)21-13-30-22-4-2-15(10-23(22)34-25(30)29-21)24(32)28-16-5-7-33-8-6-16/h1-4,9-10,13,16-17,20,27,31H,5-8,11-12H2,(H,28,32)/t17-,20+/m0/s1. The van der Waals surface area contributed by atoms with Crippen LogP contribution in [0, 0.1) is 5.82 Å². The van der Waals surface area contributed by atoms with Gasteiger partial charge in [-0.2, -0.15) is 0 Å². The molecule has 1 amide bonds. The van der Waals surface area contributed by atoms with E-state index in [1.807, 2.05) is 34.9 Å². The maximum Gasteiger partial charge on any atom is 0.251 e. The molecule has 6 rings (SSSR count). The number of imidazole rings is 1. The average Bonchev–Trinajstić information content (AvgIpc) is 3.53. The second kappa shape index (κ2) is 8.74. The highest BCUT2D eigenvalue weighted by Crippen LogP contribution is 2.33. The minimum Gasteiger partial charge on any atom is -0.392 e. The molecule has 2 saturated heterocycles. The lowest BCUT2D eigenvalue weighted by Gasteiger charge is -2.23. The molecule has 9 heteroatoms. The van der Waals surface area contributed by atoms with E-state index in [2.05, 4.69) is 15.6 Å². The number of carbonyl (C=O) groups excluding carboxylic acids is 1. The van der Waals surface area contributed by atoms with Crippen molar-refractivity contribution in [3.05, 3.63) is 59.5 Å². The van der Waals surface area contributed by atoms with Crippen molar-refractivity contribution in [2.24, 2.45) is 0 Å². The molecule has 3 N–H and O–H groups in total. The van der Waals surface area contributed by atoms with Gasteiger partial charge in [-0.1, -0.05) is 17.4 Å². The van der Waals surface area contributed by atoms with E-state index in [-0.39, 0.29) is 23.8 Å². The van der Waals surface area contributed by atoms with Crippen LogP contribution in [0.3, 0.4) is 0 Å². The Morgan fingerprint density at radius 3 is 2.85 bits per heavy atom. The summed E-state index contributed by atoms with van der Waals surface area (Å²) >= 11 is 1.48. The molecular weight excluding hydrogens is 455 g/mol. The quantitative estimate of drug-likeness (QED) is 0.415. The number of aliphatic hydroxyl groups is 1. The summed E-state index contributed by atoms with van der Waals surface area (Å²) in [6.45, 7) is 1.88. The fraction of sp³-hybridized carbons (Fsp3) is 0.360. The fourth-order valence-electron chi connectivity index (χ4n) is 4.81. The van der Waals surface area contributed by atoms with Gasteiger partial charge >= 0.3 is 0 Å². The van der Waals surface area contributed by atoms with Gasteiger partial charge in [0.1, 0.15) is 5.82 Å². The number of hydrogen-bond acceptors (Lipinski definition) is 6. The van der Waals surface area contributed by atoms with Gasteiger partial charge in [0.25, 0.3) is 5.91 Å². The normalized spacial score (nSPS) is 21.5. The maximum atomic E-state index is 15.0. The number of aliphatic hydroxyl groups excluding tert-OH is 1. The third kappa shape index (κ3) is 3.98. The Bertz CT molecular complexity index is 1380. The van der Waals surface area contributed by atoms with Crippen LogP contribution < -0.4 is 10.6 Å². The van der Waals surface area contributed by atoms with E-state index in [1.54, 1.807) is 6.07 Å². The maximum absolute atomic E-state index is 15.0. The molecule has 0 bridgehead atoms. The van der Waals surface area contributed by atoms with Crippen LogP contribution in [0.4, 0.5) is 4.39 Å². The lowest BCUT2D eigenvalue weighted by molar-refractivity contribution is 0.0696. The number of benzene rings is 2. The molecular formula is C25H25FN4O3S. The Morgan fingerprint density at radius 2 is 2.09 bits per heavy atom. The predicted octanol–water partition coefficient (Wildman–Crippen LogP) is 3.66. The molecule has 2 aliphatic heterocycles. The minimum atomic E-state index is -0.394. The van der Waals surface area contributed by atoms with E-state index in [0.717, 1.165) is 33.6 Å².